The molecule has 0 fully saturated rings. The molecule has 0 N–H and O–H groups in total. The number of rotatable bonds is 4. The summed E-state index contributed by atoms with van der Waals surface area (Å²) in [5, 5.41) is 0. The van der Waals surface area contributed by atoms with Gasteiger partial charge in [-0.3, -0.25) is 4.79 Å². The third-order valence-corrected chi connectivity index (χ3v) is 4.30. The van der Waals surface area contributed by atoms with Crippen LogP contribution in [0.2, 0.25) is 0 Å². The van der Waals surface area contributed by atoms with Crippen LogP contribution in [0.4, 0.5) is 5.69 Å². The van der Waals surface area contributed by atoms with Crippen molar-refractivity contribution >= 4 is 11.6 Å². The number of anilines is 1. The first-order valence-corrected chi connectivity index (χ1v) is 9.41. The van der Waals surface area contributed by atoms with Gasteiger partial charge in [0.2, 0.25) is 0 Å². The van der Waals surface area contributed by atoms with Crippen LogP contribution in [0, 0.1) is 10.8 Å². The molecule has 0 saturated heterocycles. The van der Waals surface area contributed by atoms with Crippen LogP contribution in [0.1, 0.15) is 63.0 Å². The van der Waals surface area contributed by atoms with Crippen molar-refractivity contribution in [2.75, 3.05) is 11.9 Å². The number of nitrogens with zero attached hydrogens (tertiary/aromatic N) is 1. The Hall–Kier alpha value is -2.09. The fraction of sp³-hybridized carbons (Fsp3) is 0.458. The Morgan fingerprint density at radius 3 is 1.50 bits per heavy atom. The van der Waals surface area contributed by atoms with E-state index in [9.17, 15) is 4.79 Å². The second-order valence-corrected chi connectivity index (χ2v) is 9.70. The van der Waals surface area contributed by atoms with Crippen molar-refractivity contribution < 1.29 is 4.79 Å². The highest BCUT2D eigenvalue weighted by atomic mass is 16.2. The predicted molar refractivity (Wildman–Crippen MR) is 112 cm³/mol. The third-order valence-electron chi connectivity index (χ3n) is 4.30. The van der Waals surface area contributed by atoms with Crippen molar-refractivity contribution in [2.45, 2.75) is 54.4 Å². The van der Waals surface area contributed by atoms with E-state index in [-0.39, 0.29) is 16.7 Å². The zero-order valence-electron chi connectivity index (χ0n) is 17.4. The average molecular weight is 352 g/mol. The lowest BCUT2D eigenvalue weighted by Gasteiger charge is -2.21. The Morgan fingerprint density at radius 1 is 0.731 bits per heavy atom. The highest BCUT2D eigenvalue weighted by Crippen LogP contribution is 2.24. The van der Waals surface area contributed by atoms with Crippen molar-refractivity contribution in [2.24, 2.45) is 10.8 Å². The molecule has 0 aliphatic rings. The molecule has 140 valence electrons. The molecule has 2 aromatic carbocycles. The van der Waals surface area contributed by atoms with Crippen molar-refractivity contribution in [3.63, 3.8) is 0 Å². The van der Waals surface area contributed by atoms with Crippen LogP contribution >= 0.6 is 0 Å². The van der Waals surface area contributed by atoms with E-state index in [1.54, 1.807) is 4.90 Å². The van der Waals surface area contributed by atoms with Gasteiger partial charge in [-0.1, -0.05) is 65.8 Å². The first kappa shape index (κ1) is 20.2. The topological polar surface area (TPSA) is 20.3 Å². The van der Waals surface area contributed by atoms with Gasteiger partial charge in [0.05, 0.1) is 0 Å². The standard InChI is InChI=1S/C24H33NO/c1-23(2,3)16-18-8-12-20(13-9-18)22(26)25(7)21-14-10-19(11-15-21)17-24(4,5)6/h8-15H,16-17H2,1-7H3. The van der Waals surface area contributed by atoms with Gasteiger partial charge in [-0.2, -0.15) is 0 Å². The summed E-state index contributed by atoms with van der Waals surface area (Å²) in [6.45, 7) is 13.4. The van der Waals surface area contributed by atoms with E-state index in [4.69, 9.17) is 0 Å². The van der Waals surface area contributed by atoms with Crippen LogP contribution < -0.4 is 4.90 Å². The van der Waals surface area contributed by atoms with Crippen molar-refractivity contribution in [1.82, 2.24) is 0 Å². The molecule has 0 saturated carbocycles. The molecule has 2 heteroatoms. The Bertz CT molecular complexity index is 728. The van der Waals surface area contributed by atoms with Crippen LogP contribution in [0.5, 0.6) is 0 Å². The van der Waals surface area contributed by atoms with Gasteiger partial charge in [0.15, 0.2) is 0 Å². The van der Waals surface area contributed by atoms with Crippen molar-refractivity contribution in [3.8, 4) is 0 Å². The second kappa shape index (κ2) is 7.65. The predicted octanol–water partition coefficient (Wildman–Crippen LogP) is 6.14. The van der Waals surface area contributed by atoms with Gasteiger partial charge >= 0.3 is 0 Å². The van der Waals surface area contributed by atoms with Crippen LogP contribution in [0.3, 0.4) is 0 Å². The number of carbonyl (C=O) groups is 1. The maximum absolute atomic E-state index is 12.8. The summed E-state index contributed by atoms with van der Waals surface area (Å²) in [5.74, 6) is 0.0240. The second-order valence-electron chi connectivity index (χ2n) is 9.70. The molecule has 0 spiro atoms. The lowest BCUT2D eigenvalue weighted by atomic mass is 9.88. The minimum Gasteiger partial charge on any atom is -0.311 e. The molecule has 26 heavy (non-hydrogen) atoms. The number of benzene rings is 2. The van der Waals surface area contributed by atoms with Gasteiger partial charge in [0.25, 0.3) is 5.91 Å². The molecule has 0 heterocycles. The van der Waals surface area contributed by atoms with E-state index in [1.165, 1.54) is 11.1 Å². The van der Waals surface area contributed by atoms with E-state index < -0.39 is 0 Å². The summed E-state index contributed by atoms with van der Waals surface area (Å²) in [4.78, 5) is 14.5. The summed E-state index contributed by atoms with van der Waals surface area (Å²) in [6.07, 6.45) is 2.03. The zero-order valence-corrected chi connectivity index (χ0v) is 17.4. The summed E-state index contributed by atoms with van der Waals surface area (Å²) in [5.41, 5.74) is 4.72. The number of hydrogen-bond donors (Lipinski definition) is 0. The smallest absolute Gasteiger partial charge is 0.258 e. The quantitative estimate of drug-likeness (QED) is 0.648. The Kier molecular flexibility index (Phi) is 5.95. The Labute approximate surface area is 159 Å². The van der Waals surface area contributed by atoms with E-state index in [0.29, 0.717) is 0 Å². The normalized spacial score (nSPS) is 12.1. The minimum atomic E-state index is 0.0240. The molecule has 0 aliphatic heterocycles. The van der Waals surface area contributed by atoms with E-state index in [2.05, 4.69) is 65.8 Å². The maximum atomic E-state index is 12.8. The highest BCUT2D eigenvalue weighted by molar-refractivity contribution is 6.05. The lowest BCUT2D eigenvalue weighted by molar-refractivity contribution is 0.0993. The molecular formula is C24H33NO. The monoisotopic (exact) mass is 351 g/mol. The SMILES string of the molecule is CN(C(=O)c1ccc(CC(C)(C)C)cc1)c1ccc(CC(C)(C)C)cc1. The molecule has 0 aliphatic carbocycles. The fourth-order valence-electron chi connectivity index (χ4n) is 3.14. The zero-order chi connectivity index (χ0) is 19.5. The summed E-state index contributed by atoms with van der Waals surface area (Å²) < 4.78 is 0. The van der Waals surface area contributed by atoms with Crippen LogP contribution in [-0.4, -0.2) is 13.0 Å². The summed E-state index contributed by atoms with van der Waals surface area (Å²) in [6, 6.07) is 16.3. The van der Waals surface area contributed by atoms with Crippen LogP contribution in [-0.2, 0) is 12.8 Å². The van der Waals surface area contributed by atoms with E-state index in [1.807, 2.05) is 31.3 Å². The van der Waals surface area contributed by atoms with Gasteiger partial charge in [-0.25, -0.2) is 0 Å². The molecule has 2 rings (SSSR count). The highest BCUT2D eigenvalue weighted by Gasteiger charge is 2.16. The first-order chi connectivity index (χ1) is 11.9. The Morgan fingerprint density at radius 2 is 1.12 bits per heavy atom. The van der Waals surface area contributed by atoms with Crippen LogP contribution in [0.15, 0.2) is 48.5 Å². The molecule has 0 aromatic heterocycles. The maximum Gasteiger partial charge on any atom is 0.258 e. The molecule has 2 nitrogen and oxygen atoms in total. The molecule has 2 aromatic rings. The first-order valence-electron chi connectivity index (χ1n) is 9.41. The van der Waals surface area contributed by atoms with E-state index in [0.717, 1.165) is 24.1 Å². The van der Waals surface area contributed by atoms with Gasteiger partial charge in [0.1, 0.15) is 0 Å². The van der Waals surface area contributed by atoms with E-state index >= 15 is 0 Å². The summed E-state index contributed by atoms with van der Waals surface area (Å²) >= 11 is 0. The van der Waals surface area contributed by atoms with Crippen LogP contribution in [0.25, 0.3) is 0 Å². The molecular weight excluding hydrogens is 318 g/mol. The molecule has 0 atom stereocenters. The third kappa shape index (κ3) is 6.01. The molecule has 0 bridgehead atoms. The number of hydrogen-bond acceptors (Lipinski definition) is 1. The molecule has 1 amide bonds. The van der Waals surface area contributed by atoms with Gasteiger partial charge in [-0.15, -0.1) is 0 Å². The van der Waals surface area contributed by atoms with Gasteiger partial charge in [-0.05, 0) is 59.1 Å². The van der Waals surface area contributed by atoms with Crippen molar-refractivity contribution in [3.05, 3.63) is 65.2 Å². The average Bonchev–Trinajstić information content (AvgIpc) is 2.52. The summed E-state index contributed by atoms with van der Waals surface area (Å²) in [7, 11) is 1.84. The molecule has 0 radical (unpaired) electrons. The lowest BCUT2D eigenvalue weighted by Crippen LogP contribution is -2.26. The Balaban J connectivity index is 2.09. The van der Waals surface area contributed by atoms with Gasteiger partial charge < -0.3 is 4.90 Å². The van der Waals surface area contributed by atoms with Crippen molar-refractivity contribution in [1.29, 1.82) is 0 Å². The van der Waals surface area contributed by atoms with Gasteiger partial charge in [0, 0.05) is 18.3 Å². The minimum absolute atomic E-state index is 0.0240. The fourth-order valence-corrected chi connectivity index (χ4v) is 3.14. The number of carbonyl (C=O) groups excluding carboxylic acids is 1. The molecule has 0 unspecified atom stereocenters. The largest absolute Gasteiger partial charge is 0.311 e. The number of amides is 1.